The molecule has 45 heavy (non-hydrogen) atoms. The van der Waals surface area contributed by atoms with E-state index < -0.39 is 17.7 Å². The second kappa shape index (κ2) is 13.6. The van der Waals surface area contributed by atoms with Crippen LogP contribution in [0.4, 0.5) is 25.0 Å². The van der Waals surface area contributed by atoms with Crippen molar-refractivity contribution in [3.63, 3.8) is 0 Å². The number of benzene rings is 2. The van der Waals surface area contributed by atoms with Crippen molar-refractivity contribution < 1.29 is 23.0 Å². The van der Waals surface area contributed by atoms with Crippen molar-refractivity contribution in [3.05, 3.63) is 96.3 Å². The Hall–Kier alpha value is -4.56. The highest BCUT2D eigenvalue weighted by Gasteiger charge is 2.31. The summed E-state index contributed by atoms with van der Waals surface area (Å²) in [5, 5.41) is 6.21. The third kappa shape index (κ3) is 6.91. The number of anilines is 2. The molecule has 230 valence electrons. The van der Waals surface area contributed by atoms with Gasteiger partial charge in [0.1, 0.15) is 11.6 Å². The molecule has 0 saturated carbocycles. The van der Waals surface area contributed by atoms with Crippen LogP contribution >= 0.6 is 23.6 Å². The Morgan fingerprint density at radius 1 is 1.04 bits per heavy atom. The number of amides is 2. The number of urea groups is 1. The molecule has 0 atom stereocenters. The van der Waals surface area contributed by atoms with E-state index in [0.717, 1.165) is 27.4 Å². The number of carbonyl (C=O) groups excluding carboxylic acids is 1. The number of halogens is 2. The monoisotopic (exact) mass is 646 g/mol. The molecule has 0 bridgehead atoms. The molecule has 2 amide bonds. The number of pyridine rings is 2. The standard InChI is InChI=1S/C32H28F2N6O3S2/c1-42-14-11-35-18-20-5-7-25(37-19-20)29-17-26-30(45-29)28(9-10-36-26)43-27-8-6-22(16-24(27)34)38-31(41)40-13-12-39(32(40)44)23-4-2-3-21(33)15-23/h2-10,15-17,19,35H,11-14,18H2,1H3,(H,38,41). The zero-order chi connectivity index (χ0) is 31.3. The zero-order valence-electron chi connectivity index (χ0n) is 24.1. The Morgan fingerprint density at radius 2 is 1.93 bits per heavy atom. The van der Waals surface area contributed by atoms with Gasteiger partial charge < -0.3 is 25.0 Å². The van der Waals surface area contributed by atoms with Crippen LogP contribution < -0.4 is 20.3 Å². The van der Waals surface area contributed by atoms with Crippen molar-refractivity contribution in [3.8, 4) is 22.1 Å². The van der Waals surface area contributed by atoms with Crippen molar-refractivity contribution in [2.45, 2.75) is 6.54 Å². The molecule has 0 radical (unpaired) electrons. The van der Waals surface area contributed by atoms with E-state index in [1.807, 2.05) is 24.4 Å². The Labute approximate surface area is 267 Å². The van der Waals surface area contributed by atoms with E-state index in [2.05, 4.69) is 20.6 Å². The first kappa shape index (κ1) is 30.5. The summed E-state index contributed by atoms with van der Waals surface area (Å²) in [5.41, 5.74) is 3.35. The fourth-order valence-electron chi connectivity index (χ4n) is 4.78. The number of thiocarbonyl (C=S) groups is 1. The minimum Gasteiger partial charge on any atom is -0.453 e. The van der Waals surface area contributed by atoms with Crippen LogP contribution in [0.25, 0.3) is 20.8 Å². The summed E-state index contributed by atoms with van der Waals surface area (Å²) in [6, 6.07) is 17.3. The number of nitrogens with zero attached hydrogens (tertiary/aromatic N) is 4. The predicted molar refractivity (Wildman–Crippen MR) is 175 cm³/mol. The largest absolute Gasteiger partial charge is 0.453 e. The smallest absolute Gasteiger partial charge is 0.328 e. The summed E-state index contributed by atoms with van der Waals surface area (Å²) in [7, 11) is 1.67. The highest BCUT2D eigenvalue weighted by molar-refractivity contribution is 7.80. The van der Waals surface area contributed by atoms with Crippen LogP contribution in [0.3, 0.4) is 0 Å². The van der Waals surface area contributed by atoms with Gasteiger partial charge in [-0.1, -0.05) is 12.1 Å². The number of nitrogens with one attached hydrogen (secondary N) is 2. The maximum atomic E-state index is 15.2. The van der Waals surface area contributed by atoms with E-state index in [1.165, 1.54) is 40.5 Å². The van der Waals surface area contributed by atoms with E-state index in [0.29, 0.717) is 43.2 Å². The van der Waals surface area contributed by atoms with Crippen LogP contribution in [0.5, 0.6) is 11.5 Å². The molecule has 1 aliphatic rings. The van der Waals surface area contributed by atoms with Crippen LogP contribution in [0.1, 0.15) is 5.56 Å². The lowest BCUT2D eigenvalue weighted by molar-refractivity contribution is 0.199. The lowest BCUT2D eigenvalue weighted by Crippen LogP contribution is -2.38. The Bertz CT molecular complexity index is 1850. The van der Waals surface area contributed by atoms with Crippen molar-refractivity contribution >= 4 is 56.3 Å². The summed E-state index contributed by atoms with van der Waals surface area (Å²) in [4.78, 5) is 26.0. The summed E-state index contributed by atoms with van der Waals surface area (Å²) >= 11 is 6.91. The molecule has 4 heterocycles. The molecule has 1 aliphatic heterocycles. The highest BCUT2D eigenvalue weighted by atomic mass is 32.1. The van der Waals surface area contributed by atoms with Gasteiger partial charge in [0.15, 0.2) is 16.7 Å². The lowest BCUT2D eigenvalue weighted by atomic mass is 10.2. The molecule has 1 saturated heterocycles. The van der Waals surface area contributed by atoms with Gasteiger partial charge in [-0.25, -0.2) is 13.6 Å². The van der Waals surface area contributed by atoms with Gasteiger partial charge in [-0.15, -0.1) is 11.3 Å². The van der Waals surface area contributed by atoms with Crippen LogP contribution in [-0.4, -0.2) is 59.4 Å². The van der Waals surface area contributed by atoms with Gasteiger partial charge >= 0.3 is 6.03 Å². The molecule has 0 aliphatic carbocycles. The third-order valence-corrected chi connectivity index (χ3v) is 8.64. The van der Waals surface area contributed by atoms with Crippen molar-refractivity contribution in [1.29, 1.82) is 0 Å². The predicted octanol–water partition coefficient (Wildman–Crippen LogP) is 6.80. The Morgan fingerprint density at radius 3 is 2.71 bits per heavy atom. The van der Waals surface area contributed by atoms with Crippen LogP contribution in [-0.2, 0) is 11.3 Å². The van der Waals surface area contributed by atoms with Crippen LogP contribution in [0, 0.1) is 11.6 Å². The van der Waals surface area contributed by atoms with E-state index in [4.69, 9.17) is 21.7 Å². The molecule has 2 N–H and O–H groups in total. The van der Waals surface area contributed by atoms with Gasteiger partial charge in [-0.2, -0.15) is 0 Å². The van der Waals surface area contributed by atoms with Gasteiger partial charge in [-0.05, 0) is 60.2 Å². The first-order valence-electron chi connectivity index (χ1n) is 14.1. The third-order valence-electron chi connectivity index (χ3n) is 7.04. The molecule has 0 spiro atoms. The molecule has 6 rings (SSSR count). The molecule has 0 unspecified atom stereocenters. The maximum absolute atomic E-state index is 15.2. The first-order valence-corrected chi connectivity index (χ1v) is 15.3. The first-order chi connectivity index (χ1) is 21.9. The average molecular weight is 647 g/mol. The van der Waals surface area contributed by atoms with E-state index >= 15 is 4.39 Å². The number of hydrogen-bond acceptors (Lipinski definition) is 8. The number of carbonyl (C=O) groups is 1. The SMILES string of the molecule is COCCNCc1ccc(-c2cc3nccc(Oc4ccc(NC(=O)N5CCN(c6cccc(F)c6)C5=S)cc4F)c3s2)nc1. The second-order valence-electron chi connectivity index (χ2n) is 10.1. The molecule has 5 aromatic rings. The van der Waals surface area contributed by atoms with Gasteiger partial charge in [0.2, 0.25) is 0 Å². The molecular formula is C32H28F2N6O3S2. The topological polar surface area (TPSA) is 91.8 Å². The minimum absolute atomic E-state index is 0.00660. The Kier molecular flexibility index (Phi) is 9.21. The molecular weight excluding hydrogens is 619 g/mol. The molecule has 13 heteroatoms. The fraction of sp³-hybridized carbons (Fsp3) is 0.188. The number of rotatable bonds is 10. The second-order valence-corrected chi connectivity index (χ2v) is 11.5. The number of thiophene rings is 1. The number of fused-ring (bicyclic) bond motifs is 1. The van der Waals surface area contributed by atoms with E-state index in [9.17, 15) is 9.18 Å². The lowest BCUT2D eigenvalue weighted by Gasteiger charge is -2.21. The zero-order valence-corrected chi connectivity index (χ0v) is 25.8. The number of ether oxygens (including phenoxy) is 2. The fourth-order valence-corrected chi connectivity index (χ4v) is 6.20. The summed E-state index contributed by atoms with van der Waals surface area (Å²) in [5.74, 6) is -0.609. The average Bonchev–Trinajstić information content (AvgIpc) is 3.65. The Balaban J connectivity index is 1.12. The molecule has 3 aromatic heterocycles. The van der Waals surface area contributed by atoms with Crippen molar-refractivity contribution in [2.24, 2.45) is 0 Å². The van der Waals surface area contributed by atoms with Crippen molar-refractivity contribution in [1.82, 2.24) is 20.2 Å². The van der Waals surface area contributed by atoms with Gasteiger partial charge in [-0.3, -0.25) is 14.9 Å². The van der Waals surface area contributed by atoms with Crippen LogP contribution in [0.15, 0.2) is 79.1 Å². The number of aromatic nitrogens is 2. The number of hydrogen-bond donors (Lipinski definition) is 2. The molecule has 1 fully saturated rings. The summed E-state index contributed by atoms with van der Waals surface area (Å²) in [6.07, 6.45) is 3.44. The number of methoxy groups -OCH3 is 1. The van der Waals surface area contributed by atoms with E-state index in [-0.39, 0.29) is 16.5 Å². The molecule has 2 aromatic carbocycles. The highest BCUT2D eigenvalue weighted by Crippen LogP contribution is 2.39. The quantitative estimate of drug-likeness (QED) is 0.126. The minimum atomic E-state index is -0.656. The van der Waals surface area contributed by atoms with Crippen molar-refractivity contribution in [2.75, 3.05) is 43.6 Å². The summed E-state index contributed by atoms with van der Waals surface area (Å²) in [6.45, 7) is 2.81. The maximum Gasteiger partial charge on any atom is 0.328 e. The summed E-state index contributed by atoms with van der Waals surface area (Å²) < 4.78 is 40.7. The normalized spacial score (nSPS) is 13.1. The van der Waals surface area contributed by atoms with Gasteiger partial charge in [0, 0.05) is 69.2 Å². The van der Waals surface area contributed by atoms with Crippen LogP contribution in [0.2, 0.25) is 0 Å². The van der Waals surface area contributed by atoms with Gasteiger partial charge in [0.25, 0.3) is 0 Å². The van der Waals surface area contributed by atoms with Gasteiger partial charge in [0.05, 0.1) is 27.4 Å². The van der Waals surface area contributed by atoms with E-state index in [1.54, 1.807) is 42.5 Å². The molecule has 9 nitrogen and oxygen atoms in total.